The number of nitrogens with zero attached hydrogens (tertiary/aromatic N) is 2. The summed E-state index contributed by atoms with van der Waals surface area (Å²) >= 11 is 6.13. The van der Waals surface area contributed by atoms with E-state index < -0.39 is 6.04 Å². The Morgan fingerprint density at radius 1 is 1.33 bits per heavy atom. The second-order valence-electron chi connectivity index (χ2n) is 5.97. The molecule has 2 amide bonds. The normalized spacial score (nSPS) is 15.4. The first-order valence-corrected chi connectivity index (χ1v) is 8.33. The highest BCUT2D eigenvalue weighted by Crippen LogP contribution is 2.26. The Hall–Kier alpha value is -2.34. The maximum atomic E-state index is 12.2. The predicted octanol–water partition coefficient (Wildman–Crippen LogP) is 2.77. The van der Waals surface area contributed by atoms with Crippen molar-refractivity contribution in [3.63, 3.8) is 0 Å². The summed E-state index contributed by atoms with van der Waals surface area (Å²) in [5.41, 5.74) is 1.27. The number of rotatable bonds is 5. The van der Waals surface area contributed by atoms with Gasteiger partial charge in [0, 0.05) is 5.92 Å². The molecule has 2 N–H and O–H groups in total. The van der Waals surface area contributed by atoms with Gasteiger partial charge in [0.15, 0.2) is 0 Å². The highest BCUT2D eigenvalue weighted by Gasteiger charge is 2.27. The second-order valence-corrected chi connectivity index (χ2v) is 6.38. The summed E-state index contributed by atoms with van der Waals surface area (Å²) in [4.78, 5) is 24.1. The standard InChI is InChI=1S/C17H19ClN4O2/c1-11(20-17(24)12-5-4-6-12)16(23)21-13-9-19-22(10-13)15-8-3-2-7-14(15)18/h2-3,7-12H,4-6H2,1H3,(H,20,24)(H,21,23). The lowest BCUT2D eigenvalue weighted by Crippen LogP contribution is -2.45. The molecule has 6 nitrogen and oxygen atoms in total. The van der Waals surface area contributed by atoms with E-state index in [1.54, 1.807) is 30.1 Å². The van der Waals surface area contributed by atoms with Crippen LogP contribution in [0.4, 0.5) is 5.69 Å². The summed E-state index contributed by atoms with van der Waals surface area (Å²) in [5, 5.41) is 10.3. The van der Waals surface area contributed by atoms with Crippen LogP contribution in [0.15, 0.2) is 36.7 Å². The largest absolute Gasteiger partial charge is 0.344 e. The quantitative estimate of drug-likeness (QED) is 0.874. The topological polar surface area (TPSA) is 76.0 Å². The summed E-state index contributed by atoms with van der Waals surface area (Å²) in [5.74, 6) is -0.264. The third-order valence-electron chi connectivity index (χ3n) is 4.18. The highest BCUT2D eigenvalue weighted by molar-refractivity contribution is 6.32. The molecule has 0 spiro atoms. The van der Waals surface area contributed by atoms with E-state index in [0.29, 0.717) is 10.7 Å². The number of hydrogen-bond acceptors (Lipinski definition) is 3. The molecule has 1 unspecified atom stereocenters. The number of hydrogen-bond donors (Lipinski definition) is 2. The van der Waals surface area contributed by atoms with E-state index in [2.05, 4.69) is 15.7 Å². The molecule has 0 aliphatic heterocycles. The smallest absolute Gasteiger partial charge is 0.246 e. The van der Waals surface area contributed by atoms with E-state index in [0.717, 1.165) is 24.9 Å². The lowest BCUT2D eigenvalue weighted by Gasteiger charge is -2.25. The highest BCUT2D eigenvalue weighted by atomic mass is 35.5. The van der Waals surface area contributed by atoms with Gasteiger partial charge < -0.3 is 10.6 Å². The van der Waals surface area contributed by atoms with Crippen molar-refractivity contribution >= 4 is 29.1 Å². The van der Waals surface area contributed by atoms with Gasteiger partial charge in [-0.15, -0.1) is 0 Å². The number of carbonyl (C=O) groups excluding carboxylic acids is 2. The van der Waals surface area contributed by atoms with Crippen molar-refractivity contribution < 1.29 is 9.59 Å². The monoisotopic (exact) mass is 346 g/mol. The Kier molecular flexibility index (Phi) is 4.85. The van der Waals surface area contributed by atoms with Gasteiger partial charge in [0.1, 0.15) is 6.04 Å². The van der Waals surface area contributed by atoms with Crippen LogP contribution in [0, 0.1) is 5.92 Å². The van der Waals surface area contributed by atoms with Gasteiger partial charge >= 0.3 is 0 Å². The Morgan fingerprint density at radius 2 is 2.08 bits per heavy atom. The molecule has 24 heavy (non-hydrogen) atoms. The third kappa shape index (κ3) is 3.59. The molecule has 1 aromatic heterocycles. The molecule has 1 aliphatic carbocycles. The van der Waals surface area contributed by atoms with Crippen LogP contribution in [0.25, 0.3) is 5.69 Å². The molecule has 0 bridgehead atoms. The molecule has 1 saturated carbocycles. The first-order chi connectivity index (χ1) is 11.5. The van der Waals surface area contributed by atoms with E-state index in [9.17, 15) is 9.59 Å². The van der Waals surface area contributed by atoms with E-state index >= 15 is 0 Å². The zero-order valence-corrected chi connectivity index (χ0v) is 14.1. The molecule has 1 aliphatic rings. The zero-order chi connectivity index (χ0) is 17.1. The van der Waals surface area contributed by atoms with Gasteiger partial charge in [0.2, 0.25) is 11.8 Å². The first-order valence-electron chi connectivity index (χ1n) is 7.95. The maximum absolute atomic E-state index is 12.2. The van der Waals surface area contributed by atoms with Gasteiger partial charge in [-0.1, -0.05) is 30.2 Å². The average Bonchev–Trinajstić information content (AvgIpc) is 2.94. The molecule has 1 fully saturated rings. The summed E-state index contributed by atoms with van der Waals surface area (Å²) < 4.78 is 1.59. The number of benzene rings is 1. The van der Waals surface area contributed by atoms with E-state index in [1.165, 1.54) is 0 Å². The number of aromatic nitrogens is 2. The van der Waals surface area contributed by atoms with Gasteiger partial charge in [0.05, 0.1) is 28.8 Å². The summed E-state index contributed by atoms with van der Waals surface area (Å²) in [6.45, 7) is 1.67. The van der Waals surface area contributed by atoms with Gasteiger partial charge in [-0.2, -0.15) is 5.10 Å². The minimum atomic E-state index is -0.596. The van der Waals surface area contributed by atoms with Crippen LogP contribution in [-0.4, -0.2) is 27.6 Å². The lowest BCUT2D eigenvalue weighted by molar-refractivity contribution is -0.130. The van der Waals surface area contributed by atoms with Crippen molar-refractivity contribution in [1.82, 2.24) is 15.1 Å². The van der Waals surface area contributed by atoms with E-state index in [4.69, 9.17) is 11.6 Å². The van der Waals surface area contributed by atoms with Gasteiger partial charge in [-0.05, 0) is 31.9 Å². The van der Waals surface area contributed by atoms with Crippen LogP contribution in [0.1, 0.15) is 26.2 Å². The molecular formula is C17H19ClN4O2. The fourth-order valence-electron chi connectivity index (χ4n) is 2.47. The number of anilines is 1. The maximum Gasteiger partial charge on any atom is 0.246 e. The molecule has 2 aromatic rings. The van der Waals surface area contributed by atoms with Crippen LogP contribution in [0.3, 0.4) is 0 Å². The summed E-state index contributed by atoms with van der Waals surface area (Å²) in [6, 6.07) is 6.71. The van der Waals surface area contributed by atoms with Crippen molar-refractivity contribution in [2.45, 2.75) is 32.2 Å². The van der Waals surface area contributed by atoms with E-state index in [-0.39, 0.29) is 17.7 Å². The van der Waals surface area contributed by atoms with Crippen LogP contribution < -0.4 is 10.6 Å². The lowest BCUT2D eigenvalue weighted by atomic mass is 9.84. The van der Waals surface area contributed by atoms with E-state index in [1.807, 2.05) is 18.2 Å². The molecule has 1 heterocycles. The number of halogens is 1. The minimum absolute atomic E-state index is 0.0457. The SMILES string of the molecule is CC(NC(=O)C1CCC1)C(=O)Nc1cnn(-c2ccccc2Cl)c1. The van der Waals surface area contributed by atoms with Crippen LogP contribution >= 0.6 is 11.6 Å². The third-order valence-corrected chi connectivity index (χ3v) is 4.50. The molecule has 1 atom stereocenters. The number of nitrogens with one attached hydrogen (secondary N) is 2. The van der Waals surface area contributed by atoms with Crippen molar-refractivity contribution in [2.75, 3.05) is 5.32 Å². The molecular weight excluding hydrogens is 328 g/mol. The molecule has 1 aromatic carbocycles. The Labute approximate surface area is 145 Å². The van der Waals surface area contributed by atoms with Crippen molar-refractivity contribution in [3.8, 4) is 5.69 Å². The Balaban J connectivity index is 1.60. The van der Waals surface area contributed by atoms with Crippen LogP contribution in [0.5, 0.6) is 0 Å². The minimum Gasteiger partial charge on any atom is -0.344 e. The van der Waals surface area contributed by atoms with Crippen molar-refractivity contribution in [3.05, 3.63) is 41.7 Å². The fraction of sp³-hybridized carbons (Fsp3) is 0.353. The summed E-state index contributed by atoms with van der Waals surface area (Å²) in [7, 11) is 0. The first kappa shape index (κ1) is 16.5. The Bertz CT molecular complexity index is 755. The zero-order valence-electron chi connectivity index (χ0n) is 13.3. The van der Waals surface area contributed by atoms with Crippen LogP contribution in [-0.2, 0) is 9.59 Å². The summed E-state index contributed by atoms with van der Waals surface area (Å²) in [6.07, 6.45) is 6.12. The second kappa shape index (κ2) is 7.05. The van der Waals surface area contributed by atoms with Gasteiger partial charge in [0.25, 0.3) is 0 Å². The number of amides is 2. The molecule has 0 saturated heterocycles. The average molecular weight is 347 g/mol. The van der Waals surface area contributed by atoms with Crippen molar-refractivity contribution in [2.24, 2.45) is 5.92 Å². The fourth-order valence-corrected chi connectivity index (χ4v) is 2.70. The van der Waals surface area contributed by atoms with Gasteiger partial charge in [-0.3, -0.25) is 9.59 Å². The molecule has 3 rings (SSSR count). The molecule has 7 heteroatoms. The van der Waals surface area contributed by atoms with Crippen LogP contribution in [0.2, 0.25) is 5.02 Å². The number of para-hydroxylation sites is 1. The molecule has 126 valence electrons. The molecule has 0 radical (unpaired) electrons. The predicted molar refractivity (Wildman–Crippen MR) is 92.1 cm³/mol. The van der Waals surface area contributed by atoms with Gasteiger partial charge in [-0.25, -0.2) is 4.68 Å². The number of carbonyl (C=O) groups is 2. The van der Waals surface area contributed by atoms with Crippen molar-refractivity contribution in [1.29, 1.82) is 0 Å². The Morgan fingerprint density at radius 3 is 2.75 bits per heavy atom.